The topological polar surface area (TPSA) is 25.8 Å². The van der Waals surface area contributed by atoms with Crippen LogP contribution in [0.4, 0.5) is 0 Å². The molecule has 2 nitrogen and oxygen atoms in total. The molecule has 0 aromatic carbocycles. The van der Waals surface area contributed by atoms with E-state index in [0.717, 1.165) is 5.69 Å². The molecule has 1 aromatic rings. The summed E-state index contributed by atoms with van der Waals surface area (Å²) in [6, 6.07) is 0. The van der Waals surface area contributed by atoms with Crippen LogP contribution in [0, 0.1) is 6.08 Å². The Morgan fingerprint density at radius 1 is 1.56 bits per heavy atom. The Bertz CT molecular complexity index is 191. The second-order valence-corrected chi connectivity index (χ2v) is 1.52. The molecular formula is C7H7N2. The standard InChI is InChI=1S/C7H7N2/c1-2-3-7-6-8-4-5-9-7/h2,4-6H,1H3. The molecule has 0 saturated heterocycles. The maximum Gasteiger partial charge on any atom is 0.0888 e. The zero-order valence-corrected chi connectivity index (χ0v) is 5.20. The lowest BCUT2D eigenvalue weighted by atomic mass is 10.4. The van der Waals surface area contributed by atoms with Gasteiger partial charge in [0.2, 0.25) is 0 Å². The first-order valence-electron chi connectivity index (χ1n) is 2.74. The van der Waals surface area contributed by atoms with Crippen LogP contribution >= 0.6 is 0 Å². The van der Waals surface area contributed by atoms with Gasteiger partial charge in [0.05, 0.1) is 11.9 Å². The van der Waals surface area contributed by atoms with Gasteiger partial charge in [-0.1, -0.05) is 6.08 Å². The lowest BCUT2D eigenvalue weighted by Crippen LogP contribution is -1.80. The number of nitrogens with zero attached hydrogens (tertiary/aromatic N) is 2. The molecule has 0 saturated carbocycles. The van der Waals surface area contributed by atoms with Crippen molar-refractivity contribution in [3.63, 3.8) is 0 Å². The molecule has 0 N–H and O–H groups in total. The summed E-state index contributed by atoms with van der Waals surface area (Å²) in [6.07, 6.45) is 9.67. The number of hydrogen-bond acceptors (Lipinski definition) is 2. The summed E-state index contributed by atoms with van der Waals surface area (Å²) in [7, 11) is 0. The van der Waals surface area contributed by atoms with E-state index in [4.69, 9.17) is 0 Å². The number of rotatable bonds is 1. The Labute approximate surface area is 54.3 Å². The van der Waals surface area contributed by atoms with Crippen LogP contribution in [-0.4, -0.2) is 9.97 Å². The Balaban J connectivity index is 2.85. The summed E-state index contributed by atoms with van der Waals surface area (Å²) >= 11 is 0. The lowest BCUT2D eigenvalue weighted by Gasteiger charge is -1.84. The van der Waals surface area contributed by atoms with E-state index in [1.807, 2.05) is 13.0 Å². The average Bonchev–Trinajstić information content (AvgIpc) is 1.91. The molecule has 2 heteroatoms. The van der Waals surface area contributed by atoms with Gasteiger partial charge in [-0.05, 0) is 6.92 Å². The molecule has 1 aromatic heterocycles. The van der Waals surface area contributed by atoms with Gasteiger partial charge in [-0.25, -0.2) is 0 Å². The first kappa shape index (κ1) is 5.95. The molecule has 0 aliphatic heterocycles. The van der Waals surface area contributed by atoms with Crippen LogP contribution in [0.5, 0.6) is 0 Å². The third-order valence-electron chi connectivity index (χ3n) is 0.855. The third-order valence-corrected chi connectivity index (χ3v) is 0.855. The molecular weight excluding hydrogens is 112 g/mol. The predicted octanol–water partition coefficient (Wildman–Crippen LogP) is 1.20. The summed E-state index contributed by atoms with van der Waals surface area (Å²) in [5, 5.41) is 0. The zero-order chi connectivity index (χ0) is 6.53. The Hall–Kier alpha value is -1.18. The van der Waals surface area contributed by atoms with Gasteiger partial charge in [0.25, 0.3) is 0 Å². The van der Waals surface area contributed by atoms with Crippen molar-refractivity contribution < 1.29 is 0 Å². The van der Waals surface area contributed by atoms with Gasteiger partial charge < -0.3 is 0 Å². The molecule has 1 rings (SSSR count). The van der Waals surface area contributed by atoms with E-state index in [2.05, 4.69) is 16.0 Å². The molecule has 0 atom stereocenters. The van der Waals surface area contributed by atoms with Crippen LogP contribution in [0.25, 0.3) is 0 Å². The third kappa shape index (κ3) is 1.64. The van der Waals surface area contributed by atoms with E-state index in [0.29, 0.717) is 0 Å². The first-order chi connectivity index (χ1) is 4.43. The highest BCUT2D eigenvalue weighted by molar-refractivity contribution is 5.05. The molecule has 9 heavy (non-hydrogen) atoms. The fraction of sp³-hybridized carbons (Fsp3) is 0.143. The Morgan fingerprint density at radius 2 is 2.44 bits per heavy atom. The molecule has 0 amide bonds. The van der Waals surface area contributed by atoms with E-state index in [1.54, 1.807) is 18.6 Å². The van der Waals surface area contributed by atoms with Crippen molar-refractivity contribution in [3.8, 4) is 0 Å². The van der Waals surface area contributed by atoms with Crippen molar-refractivity contribution in [2.24, 2.45) is 0 Å². The van der Waals surface area contributed by atoms with E-state index in [1.165, 1.54) is 0 Å². The largest absolute Gasteiger partial charge is 0.261 e. The van der Waals surface area contributed by atoms with E-state index in [9.17, 15) is 0 Å². The number of aromatic nitrogens is 2. The second kappa shape index (κ2) is 2.97. The summed E-state index contributed by atoms with van der Waals surface area (Å²) in [6.45, 7) is 1.90. The second-order valence-electron chi connectivity index (χ2n) is 1.52. The monoisotopic (exact) mass is 119 g/mol. The fourth-order valence-corrected chi connectivity index (χ4v) is 0.522. The predicted molar refractivity (Wildman–Crippen MR) is 34.6 cm³/mol. The zero-order valence-electron chi connectivity index (χ0n) is 5.20. The molecule has 45 valence electrons. The summed E-state index contributed by atoms with van der Waals surface area (Å²) in [5.74, 6) is 0. The average molecular weight is 119 g/mol. The highest BCUT2D eigenvalue weighted by Crippen LogP contribution is 1.87. The van der Waals surface area contributed by atoms with Crippen LogP contribution < -0.4 is 0 Å². The minimum absolute atomic E-state index is 0.778. The van der Waals surface area contributed by atoms with Crippen molar-refractivity contribution in [2.45, 2.75) is 6.92 Å². The molecule has 1 radical (unpaired) electrons. The lowest BCUT2D eigenvalue weighted by molar-refractivity contribution is 1.15. The molecule has 0 aliphatic carbocycles. The minimum Gasteiger partial charge on any atom is -0.261 e. The molecule has 0 unspecified atom stereocenters. The van der Waals surface area contributed by atoms with Gasteiger partial charge in [-0.3, -0.25) is 9.97 Å². The number of hydrogen-bond donors (Lipinski definition) is 0. The first-order valence-corrected chi connectivity index (χ1v) is 2.74. The van der Waals surface area contributed by atoms with Crippen LogP contribution in [0.2, 0.25) is 0 Å². The van der Waals surface area contributed by atoms with Gasteiger partial charge >= 0.3 is 0 Å². The Morgan fingerprint density at radius 3 is 3.00 bits per heavy atom. The summed E-state index contributed by atoms with van der Waals surface area (Å²) < 4.78 is 0. The van der Waals surface area contributed by atoms with Crippen LogP contribution in [0.3, 0.4) is 0 Å². The molecule has 0 aliphatic rings. The smallest absolute Gasteiger partial charge is 0.0888 e. The SMILES string of the molecule is C/C=[C]/c1cnccn1. The van der Waals surface area contributed by atoms with Crippen LogP contribution in [0.1, 0.15) is 12.6 Å². The van der Waals surface area contributed by atoms with Crippen molar-refractivity contribution in [2.75, 3.05) is 0 Å². The normalized spacial score (nSPS) is 10.3. The van der Waals surface area contributed by atoms with Crippen LogP contribution in [-0.2, 0) is 0 Å². The highest BCUT2D eigenvalue weighted by Gasteiger charge is 1.81. The van der Waals surface area contributed by atoms with Crippen molar-refractivity contribution in [1.82, 2.24) is 9.97 Å². The van der Waals surface area contributed by atoms with E-state index in [-0.39, 0.29) is 0 Å². The minimum atomic E-state index is 0.778. The highest BCUT2D eigenvalue weighted by atomic mass is 14.7. The molecule has 0 bridgehead atoms. The van der Waals surface area contributed by atoms with Gasteiger partial charge in [0.15, 0.2) is 0 Å². The van der Waals surface area contributed by atoms with Crippen LogP contribution in [0.15, 0.2) is 24.7 Å². The van der Waals surface area contributed by atoms with E-state index >= 15 is 0 Å². The molecule has 0 spiro atoms. The van der Waals surface area contributed by atoms with Crippen molar-refractivity contribution >= 4 is 0 Å². The maximum atomic E-state index is 3.96. The van der Waals surface area contributed by atoms with Gasteiger partial charge in [-0.2, -0.15) is 0 Å². The quantitative estimate of drug-likeness (QED) is 0.555. The van der Waals surface area contributed by atoms with E-state index < -0.39 is 0 Å². The fourth-order valence-electron chi connectivity index (χ4n) is 0.522. The van der Waals surface area contributed by atoms with Gasteiger partial charge in [0, 0.05) is 18.5 Å². The van der Waals surface area contributed by atoms with Crippen molar-refractivity contribution in [1.29, 1.82) is 0 Å². The van der Waals surface area contributed by atoms with Crippen molar-refractivity contribution in [3.05, 3.63) is 36.4 Å². The molecule has 0 fully saturated rings. The summed E-state index contributed by atoms with van der Waals surface area (Å²) in [4.78, 5) is 7.82. The van der Waals surface area contributed by atoms with Gasteiger partial charge in [-0.15, -0.1) is 0 Å². The molecule has 1 heterocycles. The Kier molecular flexibility index (Phi) is 1.96. The van der Waals surface area contributed by atoms with Gasteiger partial charge in [0.1, 0.15) is 0 Å². The number of allylic oxidation sites excluding steroid dienone is 1. The summed E-state index contributed by atoms with van der Waals surface area (Å²) in [5.41, 5.74) is 0.778. The maximum absolute atomic E-state index is 3.96.